The molecule has 2 N–H and O–H groups in total. The molecule has 2 aromatic heterocycles. The number of hydrogen-bond donors (Lipinski definition) is 2. The zero-order valence-corrected chi connectivity index (χ0v) is 20.1. The Hall–Kier alpha value is -4.72. The summed E-state index contributed by atoms with van der Waals surface area (Å²) in [5, 5.41) is 17.1. The number of aromatic carboxylic acids is 2. The molecule has 0 saturated carbocycles. The molecule has 0 bridgehead atoms. The van der Waals surface area contributed by atoms with Crippen molar-refractivity contribution >= 4 is 11.9 Å². The summed E-state index contributed by atoms with van der Waals surface area (Å²) in [6.45, 7) is 4.94. The molecule has 4 rings (SSSR count). The summed E-state index contributed by atoms with van der Waals surface area (Å²) in [5.74, 6) is -0.443. The molecule has 0 saturated heterocycles. The van der Waals surface area contributed by atoms with Gasteiger partial charge in [-0.15, -0.1) is 0 Å². The van der Waals surface area contributed by atoms with Crippen molar-refractivity contribution in [1.29, 1.82) is 0 Å². The van der Waals surface area contributed by atoms with E-state index in [1.54, 1.807) is 49.1 Å². The Kier molecular flexibility index (Phi) is 11.6. The lowest BCUT2D eigenvalue weighted by Crippen LogP contribution is -1.96. The molecule has 0 spiro atoms. The topological polar surface area (TPSA) is 119 Å². The van der Waals surface area contributed by atoms with Crippen LogP contribution in [0.4, 0.5) is 0 Å². The minimum atomic E-state index is -0.918. The van der Waals surface area contributed by atoms with Crippen LogP contribution in [0.5, 0.6) is 11.5 Å². The summed E-state index contributed by atoms with van der Waals surface area (Å²) in [5.41, 5.74) is 2.90. The van der Waals surface area contributed by atoms with Gasteiger partial charge in [-0.3, -0.25) is 9.97 Å². The van der Waals surface area contributed by atoms with Gasteiger partial charge in [-0.1, -0.05) is 0 Å². The van der Waals surface area contributed by atoms with Crippen molar-refractivity contribution in [2.45, 2.75) is 13.8 Å². The first-order valence-electron chi connectivity index (χ1n) is 11.2. The number of carboxylic acid groups (broad SMARTS) is 2. The van der Waals surface area contributed by atoms with Crippen LogP contribution >= 0.6 is 0 Å². The molecule has 0 atom stereocenters. The molecule has 0 fully saturated rings. The number of carbonyl (C=O) groups is 2. The largest absolute Gasteiger partial charge is 0.494 e. The van der Waals surface area contributed by atoms with Gasteiger partial charge in [-0.2, -0.15) is 0 Å². The standard InChI is InChI=1S/C10H8N2.2C9H10O3/c1-5-11-6-2-9(1)10-3-7-12-8-4-10;2*1-2-12-8-5-3-7(4-6-8)9(10)11/h1-8H;2*3-6H,2H2,1H3,(H,10,11). The maximum atomic E-state index is 10.4. The fourth-order valence-electron chi connectivity index (χ4n) is 2.81. The second-order valence-electron chi connectivity index (χ2n) is 7.00. The highest BCUT2D eigenvalue weighted by Gasteiger charge is 2.01. The average Bonchev–Trinajstić information content (AvgIpc) is 2.91. The summed E-state index contributed by atoms with van der Waals surface area (Å²) in [7, 11) is 0. The highest BCUT2D eigenvalue weighted by molar-refractivity contribution is 5.88. The van der Waals surface area contributed by atoms with Crippen molar-refractivity contribution in [1.82, 2.24) is 9.97 Å². The Morgan fingerprint density at radius 2 is 0.889 bits per heavy atom. The van der Waals surface area contributed by atoms with Gasteiger partial charge in [0.2, 0.25) is 0 Å². The fraction of sp³-hybridized carbons (Fsp3) is 0.143. The molecule has 4 aromatic rings. The zero-order valence-electron chi connectivity index (χ0n) is 20.1. The summed E-state index contributed by atoms with van der Waals surface area (Å²) in [6, 6.07) is 20.6. The Labute approximate surface area is 209 Å². The SMILES string of the molecule is CCOc1ccc(C(=O)O)cc1.CCOc1ccc(C(=O)O)cc1.c1cc(-c2ccncc2)ccn1. The fourth-order valence-corrected chi connectivity index (χ4v) is 2.81. The van der Waals surface area contributed by atoms with E-state index in [0.717, 1.165) is 0 Å². The second-order valence-corrected chi connectivity index (χ2v) is 7.00. The Morgan fingerprint density at radius 1 is 0.583 bits per heavy atom. The average molecular weight is 489 g/mol. The van der Waals surface area contributed by atoms with Crippen LogP contribution in [-0.4, -0.2) is 45.3 Å². The van der Waals surface area contributed by atoms with Crippen LogP contribution in [0.3, 0.4) is 0 Å². The number of rotatable bonds is 7. The Bertz CT molecular complexity index is 1090. The molecule has 0 aliphatic rings. The third kappa shape index (κ3) is 9.64. The van der Waals surface area contributed by atoms with E-state index in [-0.39, 0.29) is 11.1 Å². The van der Waals surface area contributed by atoms with Crippen molar-refractivity contribution < 1.29 is 29.3 Å². The molecular formula is C28H28N2O6. The van der Waals surface area contributed by atoms with Crippen molar-refractivity contribution in [3.8, 4) is 22.6 Å². The van der Waals surface area contributed by atoms with Crippen LogP contribution in [0.1, 0.15) is 34.6 Å². The van der Waals surface area contributed by atoms with Crippen molar-refractivity contribution in [3.63, 3.8) is 0 Å². The van der Waals surface area contributed by atoms with Crippen LogP contribution in [0.25, 0.3) is 11.1 Å². The minimum absolute atomic E-state index is 0.276. The third-order valence-electron chi connectivity index (χ3n) is 4.52. The van der Waals surface area contributed by atoms with Gasteiger partial charge in [0.25, 0.3) is 0 Å². The number of aromatic nitrogens is 2. The van der Waals surface area contributed by atoms with Gasteiger partial charge in [-0.25, -0.2) is 9.59 Å². The van der Waals surface area contributed by atoms with Crippen LogP contribution in [0, 0.1) is 0 Å². The van der Waals surface area contributed by atoms with Gasteiger partial charge >= 0.3 is 11.9 Å². The van der Waals surface area contributed by atoms with Crippen molar-refractivity contribution in [2.24, 2.45) is 0 Å². The van der Waals surface area contributed by atoms with Gasteiger partial charge in [0.15, 0.2) is 0 Å². The zero-order chi connectivity index (χ0) is 26.2. The van der Waals surface area contributed by atoms with E-state index in [1.165, 1.54) is 35.4 Å². The first-order chi connectivity index (χ1) is 17.4. The maximum absolute atomic E-state index is 10.4. The van der Waals surface area contributed by atoms with Gasteiger partial charge in [-0.05, 0) is 97.8 Å². The van der Waals surface area contributed by atoms with E-state index in [4.69, 9.17) is 19.7 Å². The van der Waals surface area contributed by atoms with Crippen LogP contribution < -0.4 is 9.47 Å². The molecule has 0 aliphatic heterocycles. The summed E-state index contributed by atoms with van der Waals surface area (Å²) < 4.78 is 10.3. The third-order valence-corrected chi connectivity index (χ3v) is 4.52. The lowest BCUT2D eigenvalue weighted by Gasteiger charge is -2.01. The number of hydrogen-bond acceptors (Lipinski definition) is 6. The van der Waals surface area contributed by atoms with Gasteiger partial charge in [0.05, 0.1) is 24.3 Å². The molecule has 8 heteroatoms. The summed E-state index contributed by atoms with van der Waals surface area (Å²) in [4.78, 5) is 28.8. The van der Waals surface area contributed by atoms with Crippen molar-refractivity contribution in [2.75, 3.05) is 13.2 Å². The molecule has 0 radical (unpaired) electrons. The second kappa shape index (κ2) is 15.2. The van der Waals surface area contributed by atoms with Crippen molar-refractivity contribution in [3.05, 3.63) is 109 Å². The maximum Gasteiger partial charge on any atom is 0.335 e. The van der Waals surface area contributed by atoms with Gasteiger partial charge in [0, 0.05) is 24.8 Å². The molecular weight excluding hydrogens is 460 g/mol. The van der Waals surface area contributed by atoms with E-state index in [2.05, 4.69) is 9.97 Å². The molecule has 2 aromatic carbocycles. The van der Waals surface area contributed by atoms with E-state index in [9.17, 15) is 9.59 Å². The highest BCUT2D eigenvalue weighted by atomic mass is 16.5. The number of nitrogens with zero attached hydrogens (tertiary/aromatic N) is 2. The van der Waals surface area contributed by atoms with Gasteiger partial charge < -0.3 is 19.7 Å². The number of carboxylic acids is 2. The Balaban J connectivity index is 0.000000190. The van der Waals surface area contributed by atoms with Crippen LogP contribution in [0.15, 0.2) is 97.6 Å². The van der Waals surface area contributed by atoms with E-state index >= 15 is 0 Å². The first-order valence-corrected chi connectivity index (χ1v) is 11.2. The lowest BCUT2D eigenvalue weighted by atomic mass is 10.1. The van der Waals surface area contributed by atoms with E-state index in [1.807, 2.05) is 38.1 Å². The lowest BCUT2D eigenvalue weighted by molar-refractivity contribution is 0.0686. The normalized spacial score (nSPS) is 9.50. The number of ether oxygens (including phenoxy) is 2. The van der Waals surface area contributed by atoms with Crippen LogP contribution in [0.2, 0.25) is 0 Å². The summed E-state index contributed by atoms with van der Waals surface area (Å²) in [6.07, 6.45) is 7.15. The van der Waals surface area contributed by atoms with Crippen LogP contribution in [-0.2, 0) is 0 Å². The predicted molar refractivity (Wildman–Crippen MR) is 137 cm³/mol. The predicted octanol–water partition coefficient (Wildman–Crippen LogP) is 5.71. The molecule has 2 heterocycles. The highest BCUT2D eigenvalue weighted by Crippen LogP contribution is 2.16. The smallest absolute Gasteiger partial charge is 0.335 e. The monoisotopic (exact) mass is 488 g/mol. The van der Waals surface area contributed by atoms with E-state index < -0.39 is 11.9 Å². The summed E-state index contributed by atoms with van der Waals surface area (Å²) >= 11 is 0. The number of benzene rings is 2. The Morgan fingerprint density at radius 3 is 1.14 bits per heavy atom. The molecule has 0 aliphatic carbocycles. The minimum Gasteiger partial charge on any atom is -0.494 e. The molecule has 186 valence electrons. The number of pyridine rings is 2. The van der Waals surface area contributed by atoms with Gasteiger partial charge in [0.1, 0.15) is 11.5 Å². The molecule has 8 nitrogen and oxygen atoms in total. The van der Waals surface area contributed by atoms with E-state index in [0.29, 0.717) is 24.7 Å². The quantitative estimate of drug-likeness (QED) is 0.339. The molecule has 0 unspecified atom stereocenters. The molecule has 36 heavy (non-hydrogen) atoms. The first kappa shape index (κ1) is 27.5. The molecule has 0 amide bonds.